The molecule has 0 spiro atoms. The van der Waals surface area contributed by atoms with Gasteiger partial charge in [-0.05, 0) is 22.9 Å². The molecule has 2 heterocycles. The second-order valence-electron chi connectivity index (χ2n) is 4.16. The first kappa shape index (κ1) is 13.7. The molecule has 1 aliphatic rings. The number of thiophene rings is 1. The molecule has 92 valence electrons. The average molecular weight is 241 g/mol. The van der Waals surface area contributed by atoms with Crippen LogP contribution in [0, 0.1) is 5.92 Å². The highest BCUT2D eigenvalue weighted by Crippen LogP contribution is 2.34. The minimum absolute atomic E-state index is 0.114. The van der Waals surface area contributed by atoms with Gasteiger partial charge in [0.1, 0.15) is 0 Å². The molecule has 0 aliphatic carbocycles. The summed E-state index contributed by atoms with van der Waals surface area (Å²) in [4.78, 5) is 1.46. The fourth-order valence-corrected chi connectivity index (χ4v) is 2.74. The Hall–Kier alpha value is -0.380. The molecular formula is C13H23NOS. The molecule has 2 N–H and O–H groups in total. The van der Waals surface area contributed by atoms with E-state index in [1.807, 2.05) is 25.2 Å². The van der Waals surface area contributed by atoms with E-state index >= 15 is 0 Å². The van der Waals surface area contributed by atoms with Gasteiger partial charge in [-0.3, -0.25) is 0 Å². The smallest absolute Gasteiger partial charge is 0.0989 e. The van der Waals surface area contributed by atoms with Gasteiger partial charge in [-0.25, -0.2) is 0 Å². The van der Waals surface area contributed by atoms with E-state index in [-0.39, 0.29) is 12.1 Å². The van der Waals surface area contributed by atoms with Crippen molar-refractivity contribution in [2.45, 2.75) is 46.3 Å². The van der Waals surface area contributed by atoms with E-state index in [0.29, 0.717) is 5.92 Å². The Balaban J connectivity index is 0.000000606. The molecule has 2 nitrogen and oxygen atoms in total. The van der Waals surface area contributed by atoms with Crippen LogP contribution < -0.4 is 5.73 Å². The molecule has 2 atom stereocenters. The van der Waals surface area contributed by atoms with Crippen molar-refractivity contribution in [3.8, 4) is 0 Å². The van der Waals surface area contributed by atoms with Crippen LogP contribution in [0.25, 0.3) is 0 Å². The normalized spacial score (nSPS) is 21.0. The maximum absolute atomic E-state index is 6.14. The quantitative estimate of drug-likeness (QED) is 0.861. The number of nitrogens with two attached hydrogens (primary N) is 1. The maximum atomic E-state index is 6.14. The molecule has 0 amide bonds. The molecule has 2 rings (SSSR count). The molecule has 3 heteroatoms. The highest BCUT2D eigenvalue weighted by Gasteiger charge is 2.28. The number of fused-ring (bicyclic) bond motifs is 1. The number of ether oxygens (including phenoxy) is 1. The van der Waals surface area contributed by atoms with Gasteiger partial charge < -0.3 is 10.5 Å². The lowest BCUT2D eigenvalue weighted by atomic mass is 9.93. The van der Waals surface area contributed by atoms with Gasteiger partial charge in [-0.2, -0.15) is 0 Å². The average Bonchev–Trinajstić information content (AvgIpc) is 2.78. The minimum atomic E-state index is 0.114. The van der Waals surface area contributed by atoms with Crippen LogP contribution in [0.1, 0.15) is 44.2 Å². The molecule has 0 bridgehead atoms. The summed E-state index contributed by atoms with van der Waals surface area (Å²) in [5.74, 6) is 0.464. The summed E-state index contributed by atoms with van der Waals surface area (Å²) in [7, 11) is 0. The van der Waals surface area contributed by atoms with Crippen LogP contribution in [0.2, 0.25) is 0 Å². The summed E-state index contributed by atoms with van der Waals surface area (Å²) in [6, 6.07) is 2.27. The number of hydrogen-bond donors (Lipinski definition) is 1. The first-order chi connectivity index (χ1) is 7.70. The van der Waals surface area contributed by atoms with E-state index in [4.69, 9.17) is 10.5 Å². The van der Waals surface area contributed by atoms with Gasteiger partial charge in [-0.1, -0.05) is 27.7 Å². The zero-order valence-corrected chi connectivity index (χ0v) is 11.5. The Bertz CT molecular complexity index is 309. The third kappa shape index (κ3) is 2.84. The largest absolute Gasteiger partial charge is 0.371 e. The van der Waals surface area contributed by atoms with E-state index in [1.54, 1.807) is 0 Å². The molecule has 16 heavy (non-hydrogen) atoms. The standard InChI is InChI=1S/C11H17NOS.C2H6/c1-7(2)10(12)11-8-4-6-14-9(8)3-5-13-11;1-2/h4,6-7,10-11H,3,5,12H2,1-2H3;1-2H3. The topological polar surface area (TPSA) is 35.2 Å². The van der Waals surface area contributed by atoms with Gasteiger partial charge in [0.25, 0.3) is 0 Å². The van der Waals surface area contributed by atoms with Crippen molar-refractivity contribution in [1.29, 1.82) is 0 Å². The van der Waals surface area contributed by atoms with Crippen molar-refractivity contribution < 1.29 is 4.74 Å². The Morgan fingerprint density at radius 3 is 2.75 bits per heavy atom. The minimum Gasteiger partial charge on any atom is -0.371 e. The number of hydrogen-bond acceptors (Lipinski definition) is 3. The predicted molar refractivity (Wildman–Crippen MR) is 70.9 cm³/mol. The van der Waals surface area contributed by atoms with Crippen LogP contribution in [-0.2, 0) is 11.2 Å². The lowest BCUT2D eigenvalue weighted by Gasteiger charge is -2.30. The fraction of sp³-hybridized carbons (Fsp3) is 0.692. The Morgan fingerprint density at radius 2 is 2.12 bits per heavy atom. The molecule has 0 saturated carbocycles. The van der Waals surface area contributed by atoms with Crippen molar-refractivity contribution in [2.24, 2.45) is 11.7 Å². The monoisotopic (exact) mass is 241 g/mol. The first-order valence-corrected chi connectivity index (χ1v) is 7.01. The summed E-state index contributed by atoms with van der Waals surface area (Å²) in [5.41, 5.74) is 7.47. The molecule has 1 aromatic rings. The molecule has 1 aromatic heterocycles. The van der Waals surface area contributed by atoms with E-state index < -0.39 is 0 Å². The lowest BCUT2D eigenvalue weighted by Crippen LogP contribution is -2.37. The van der Waals surface area contributed by atoms with Crippen LogP contribution in [0.3, 0.4) is 0 Å². The van der Waals surface area contributed by atoms with Gasteiger partial charge in [-0.15, -0.1) is 11.3 Å². The molecule has 0 radical (unpaired) electrons. The second-order valence-corrected chi connectivity index (χ2v) is 5.16. The highest BCUT2D eigenvalue weighted by atomic mass is 32.1. The number of rotatable bonds is 2. The Kier molecular flexibility index (Phi) is 5.46. The predicted octanol–water partition coefficient (Wildman–Crippen LogP) is 3.37. The van der Waals surface area contributed by atoms with Crippen molar-refractivity contribution in [3.63, 3.8) is 0 Å². The van der Waals surface area contributed by atoms with Gasteiger partial charge >= 0.3 is 0 Å². The molecule has 2 unspecified atom stereocenters. The van der Waals surface area contributed by atoms with E-state index in [1.165, 1.54) is 10.4 Å². The van der Waals surface area contributed by atoms with Crippen LogP contribution in [0.4, 0.5) is 0 Å². The summed E-state index contributed by atoms with van der Waals surface area (Å²) in [5, 5.41) is 2.14. The van der Waals surface area contributed by atoms with E-state index in [2.05, 4.69) is 25.3 Å². The first-order valence-electron chi connectivity index (χ1n) is 6.13. The molecule has 1 aliphatic heterocycles. The van der Waals surface area contributed by atoms with Gasteiger partial charge in [0, 0.05) is 17.3 Å². The van der Waals surface area contributed by atoms with Crippen LogP contribution >= 0.6 is 11.3 Å². The summed E-state index contributed by atoms with van der Waals surface area (Å²) < 4.78 is 5.77. The van der Waals surface area contributed by atoms with Gasteiger partial charge in [0.05, 0.1) is 12.7 Å². The second kappa shape index (κ2) is 6.38. The van der Waals surface area contributed by atoms with Crippen molar-refractivity contribution >= 4 is 11.3 Å². The third-order valence-electron chi connectivity index (χ3n) is 2.83. The molecule has 0 aromatic carbocycles. The maximum Gasteiger partial charge on any atom is 0.0989 e. The summed E-state index contributed by atoms with van der Waals surface area (Å²) in [6.07, 6.45) is 1.17. The van der Waals surface area contributed by atoms with Crippen molar-refractivity contribution in [1.82, 2.24) is 0 Å². The van der Waals surface area contributed by atoms with Crippen molar-refractivity contribution in [2.75, 3.05) is 6.61 Å². The van der Waals surface area contributed by atoms with E-state index in [9.17, 15) is 0 Å². The van der Waals surface area contributed by atoms with Crippen molar-refractivity contribution in [3.05, 3.63) is 21.9 Å². The summed E-state index contributed by atoms with van der Waals surface area (Å²) >= 11 is 1.82. The third-order valence-corrected chi connectivity index (χ3v) is 3.83. The fourth-order valence-electron chi connectivity index (χ4n) is 1.84. The Morgan fingerprint density at radius 1 is 1.44 bits per heavy atom. The van der Waals surface area contributed by atoms with Gasteiger partial charge in [0.2, 0.25) is 0 Å². The Labute approximate surface area is 103 Å². The molecular weight excluding hydrogens is 218 g/mol. The highest BCUT2D eigenvalue weighted by molar-refractivity contribution is 7.10. The van der Waals surface area contributed by atoms with E-state index in [0.717, 1.165) is 13.0 Å². The zero-order valence-electron chi connectivity index (χ0n) is 10.7. The molecule has 0 fully saturated rings. The van der Waals surface area contributed by atoms with Gasteiger partial charge in [0.15, 0.2) is 0 Å². The van der Waals surface area contributed by atoms with Crippen LogP contribution in [-0.4, -0.2) is 12.6 Å². The lowest BCUT2D eigenvalue weighted by molar-refractivity contribution is 0.0155. The zero-order chi connectivity index (χ0) is 12.1. The van der Waals surface area contributed by atoms with Crippen LogP contribution in [0.5, 0.6) is 0 Å². The van der Waals surface area contributed by atoms with Crippen LogP contribution in [0.15, 0.2) is 11.4 Å². The molecule has 0 saturated heterocycles. The SMILES string of the molecule is CC.CC(C)C(N)C1OCCc2sccc21. The summed E-state index contributed by atoms with van der Waals surface area (Å²) in [6.45, 7) is 9.11.